The molecule has 0 aliphatic heterocycles. The van der Waals surface area contributed by atoms with Crippen molar-refractivity contribution in [3.8, 4) is 0 Å². The smallest absolute Gasteiger partial charge is 0.237 e. The first-order valence-corrected chi connectivity index (χ1v) is 6.31. The largest absolute Gasteiger partial charge is 0.351 e. The molecule has 0 saturated heterocycles. The summed E-state index contributed by atoms with van der Waals surface area (Å²) in [6.45, 7) is 2.11. The van der Waals surface area contributed by atoms with Gasteiger partial charge >= 0.3 is 0 Å². The van der Waals surface area contributed by atoms with Gasteiger partial charge in [0, 0.05) is 16.6 Å². The van der Waals surface area contributed by atoms with Crippen LogP contribution in [0.15, 0.2) is 22.7 Å². The lowest BCUT2D eigenvalue weighted by Crippen LogP contribution is -2.40. The highest BCUT2D eigenvalue weighted by Gasteiger charge is 2.12. The summed E-state index contributed by atoms with van der Waals surface area (Å²) in [6, 6.07) is 4.09. The van der Waals surface area contributed by atoms with Crippen LogP contribution in [0.1, 0.15) is 25.3 Å². The van der Waals surface area contributed by atoms with Crippen LogP contribution in [-0.2, 0) is 11.3 Å². The second kappa shape index (κ2) is 6.71. The minimum atomic E-state index is -0.518. The maximum atomic E-state index is 13.4. The molecule has 0 aliphatic rings. The van der Waals surface area contributed by atoms with Crippen LogP contribution in [0, 0.1) is 5.82 Å². The molecule has 0 radical (unpaired) electrons. The summed E-state index contributed by atoms with van der Waals surface area (Å²) in [4.78, 5) is 11.5. The van der Waals surface area contributed by atoms with Crippen LogP contribution >= 0.6 is 15.9 Å². The molecule has 0 aromatic heterocycles. The van der Waals surface area contributed by atoms with Gasteiger partial charge in [-0.15, -0.1) is 0 Å². The fraction of sp³-hybridized carbons (Fsp3) is 0.417. The fourth-order valence-electron chi connectivity index (χ4n) is 1.43. The van der Waals surface area contributed by atoms with Gasteiger partial charge < -0.3 is 11.1 Å². The van der Waals surface area contributed by atoms with E-state index in [4.69, 9.17) is 5.73 Å². The van der Waals surface area contributed by atoms with Crippen molar-refractivity contribution in [3.63, 3.8) is 0 Å². The van der Waals surface area contributed by atoms with Crippen molar-refractivity contribution in [1.29, 1.82) is 0 Å². The Labute approximate surface area is 109 Å². The number of hydrogen-bond donors (Lipinski definition) is 2. The van der Waals surface area contributed by atoms with E-state index in [1.165, 1.54) is 6.07 Å². The minimum Gasteiger partial charge on any atom is -0.351 e. The molecule has 0 bridgehead atoms. The zero-order chi connectivity index (χ0) is 12.8. The lowest BCUT2D eigenvalue weighted by molar-refractivity contribution is -0.122. The van der Waals surface area contributed by atoms with E-state index in [2.05, 4.69) is 21.2 Å². The van der Waals surface area contributed by atoms with Gasteiger partial charge in [0.15, 0.2) is 0 Å². The maximum absolute atomic E-state index is 13.4. The Balaban J connectivity index is 2.55. The first kappa shape index (κ1) is 14.1. The van der Waals surface area contributed by atoms with E-state index >= 15 is 0 Å². The van der Waals surface area contributed by atoms with Crippen molar-refractivity contribution in [2.45, 2.75) is 32.4 Å². The van der Waals surface area contributed by atoms with Gasteiger partial charge in [-0.2, -0.15) is 0 Å². The number of hydrogen-bond acceptors (Lipinski definition) is 2. The van der Waals surface area contributed by atoms with Gasteiger partial charge in [0.05, 0.1) is 6.04 Å². The van der Waals surface area contributed by atoms with E-state index < -0.39 is 6.04 Å². The molecule has 1 amide bonds. The molecule has 1 aromatic carbocycles. The molecular weight excluding hydrogens is 287 g/mol. The summed E-state index contributed by atoms with van der Waals surface area (Å²) in [5.41, 5.74) is 6.09. The summed E-state index contributed by atoms with van der Waals surface area (Å²) in [7, 11) is 0. The van der Waals surface area contributed by atoms with Gasteiger partial charge in [-0.05, 0) is 24.6 Å². The second-order valence-corrected chi connectivity index (χ2v) is 4.76. The van der Waals surface area contributed by atoms with E-state index in [0.717, 1.165) is 10.9 Å². The van der Waals surface area contributed by atoms with E-state index in [-0.39, 0.29) is 18.3 Å². The molecular formula is C12H16BrFN2O. The molecule has 1 rings (SSSR count). The van der Waals surface area contributed by atoms with E-state index in [1.807, 2.05) is 6.92 Å². The number of carbonyl (C=O) groups is 1. The normalized spacial score (nSPS) is 12.2. The number of amides is 1. The zero-order valence-corrected chi connectivity index (χ0v) is 11.3. The Morgan fingerprint density at radius 1 is 1.59 bits per heavy atom. The molecule has 3 N–H and O–H groups in total. The Hall–Kier alpha value is -0.940. The van der Waals surface area contributed by atoms with Crippen molar-refractivity contribution in [3.05, 3.63) is 34.1 Å². The summed E-state index contributed by atoms with van der Waals surface area (Å²) in [6.07, 6.45) is 1.48. The number of benzene rings is 1. The lowest BCUT2D eigenvalue weighted by atomic mass is 10.1. The molecule has 94 valence electrons. The molecule has 0 spiro atoms. The Morgan fingerprint density at radius 2 is 2.29 bits per heavy atom. The standard InChI is InChI=1S/C12H16BrFN2O/c1-2-3-11(15)12(17)16-7-8-6-9(13)4-5-10(8)14/h4-6,11H,2-3,7,15H2,1H3,(H,16,17). The highest BCUT2D eigenvalue weighted by molar-refractivity contribution is 9.10. The van der Waals surface area contributed by atoms with Gasteiger partial charge in [0.25, 0.3) is 0 Å². The number of rotatable bonds is 5. The number of halogens is 2. The summed E-state index contributed by atoms with van der Waals surface area (Å²) in [5.74, 6) is -0.580. The van der Waals surface area contributed by atoms with Crippen molar-refractivity contribution >= 4 is 21.8 Å². The van der Waals surface area contributed by atoms with Crippen LogP contribution in [0.25, 0.3) is 0 Å². The van der Waals surface area contributed by atoms with E-state index in [0.29, 0.717) is 12.0 Å². The SMILES string of the molecule is CCCC(N)C(=O)NCc1cc(Br)ccc1F. The molecule has 1 aromatic rings. The van der Waals surface area contributed by atoms with E-state index in [1.54, 1.807) is 12.1 Å². The third-order valence-electron chi connectivity index (χ3n) is 2.40. The van der Waals surface area contributed by atoms with Gasteiger partial charge in [-0.1, -0.05) is 29.3 Å². The average molecular weight is 303 g/mol. The topological polar surface area (TPSA) is 55.1 Å². The number of nitrogens with one attached hydrogen (secondary N) is 1. The van der Waals surface area contributed by atoms with Crippen LogP contribution in [-0.4, -0.2) is 11.9 Å². The van der Waals surface area contributed by atoms with Crippen LogP contribution in [0.2, 0.25) is 0 Å². The van der Waals surface area contributed by atoms with Gasteiger partial charge in [0.1, 0.15) is 5.82 Å². The molecule has 1 atom stereocenters. The lowest BCUT2D eigenvalue weighted by Gasteiger charge is -2.11. The van der Waals surface area contributed by atoms with Crippen molar-refractivity contribution < 1.29 is 9.18 Å². The predicted octanol–water partition coefficient (Wildman–Crippen LogP) is 2.33. The average Bonchev–Trinajstić information content (AvgIpc) is 2.30. The van der Waals surface area contributed by atoms with Gasteiger partial charge in [-0.25, -0.2) is 4.39 Å². The highest BCUT2D eigenvalue weighted by Crippen LogP contribution is 2.15. The minimum absolute atomic E-state index is 0.154. The van der Waals surface area contributed by atoms with Crippen molar-refractivity contribution in [2.75, 3.05) is 0 Å². The summed E-state index contributed by atoms with van der Waals surface area (Å²) >= 11 is 3.25. The molecule has 0 fully saturated rings. The van der Waals surface area contributed by atoms with Crippen LogP contribution in [0.4, 0.5) is 4.39 Å². The van der Waals surface area contributed by atoms with Gasteiger partial charge in [-0.3, -0.25) is 4.79 Å². The van der Waals surface area contributed by atoms with Crippen LogP contribution in [0.5, 0.6) is 0 Å². The van der Waals surface area contributed by atoms with Gasteiger partial charge in [0.2, 0.25) is 5.91 Å². The van der Waals surface area contributed by atoms with Crippen LogP contribution < -0.4 is 11.1 Å². The molecule has 0 saturated carbocycles. The molecule has 5 heteroatoms. The first-order chi connectivity index (χ1) is 8.04. The van der Waals surface area contributed by atoms with Crippen LogP contribution in [0.3, 0.4) is 0 Å². The Kier molecular flexibility index (Phi) is 5.58. The summed E-state index contributed by atoms with van der Waals surface area (Å²) < 4.78 is 14.1. The monoisotopic (exact) mass is 302 g/mol. The highest BCUT2D eigenvalue weighted by atomic mass is 79.9. The molecule has 0 aliphatic carbocycles. The third-order valence-corrected chi connectivity index (χ3v) is 2.89. The molecule has 0 heterocycles. The fourth-order valence-corrected chi connectivity index (χ4v) is 1.84. The maximum Gasteiger partial charge on any atom is 0.237 e. The zero-order valence-electron chi connectivity index (χ0n) is 9.67. The number of nitrogens with two attached hydrogens (primary N) is 1. The Morgan fingerprint density at radius 3 is 2.94 bits per heavy atom. The molecule has 1 unspecified atom stereocenters. The van der Waals surface area contributed by atoms with Crippen molar-refractivity contribution in [2.24, 2.45) is 5.73 Å². The summed E-state index contributed by atoms with van der Waals surface area (Å²) in [5, 5.41) is 2.63. The Bertz CT molecular complexity index is 398. The predicted molar refractivity (Wildman–Crippen MR) is 68.8 cm³/mol. The third kappa shape index (κ3) is 4.44. The quantitative estimate of drug-likeness (QED) is 0.877. The molecule has 3 nitrogen and oxygen atoms in total. The van der Waals surface area contributed by atoms with Crippen molar-refractivity contribution in [1.82, 2.24) is 5.32 Å². The second-order valence-electron chi connectivity index (χ2n) is 3.85. The first-order valence-electron chi connectivity index (χ1n) is 5.51. The molecule has 17 heavy (non-hydrogen) atoms. The number of carbonyl (C=O) groups excluding carboxylic acids is 1. The van der Waals surface area contributed by atoms with E-state index in [9.17, 15) is 9.18 Å².